The fourth-order valence-electron chi connectivity index (χ4n) is 2.76. The Balaban J connectivity index is 2.07. The molecule has 0 unspecified atom stereocenters. The van der Waals surface area contributed by atoms with E-state index in [-0.39, 0.29) is 17.5 Å². The summed E-state index contributed by atoms with van der Waals surface area (Å²) in [6, 6.07) is 2.71. The van der Waals surface area contributed by atoms with Crippen LogP contribution >= 0.6 is 15.9 Å². The number of carbonyl (C=O) groups is 2. The SMILES string of the molecule is Cc1ccc(F)c(C(=O)N2CCC[C@H](NC(=O)OC(C)(C)C)C2)c1Br. The molecule has 7 heteroatoms. The van der Waals surface area contributed by atoms with Crippen LogP contribution in [0.3, 0.4) is 0 Å². The van der Waals surface area contributed by atoms with E-state index in [1.54, 1.807) is 31.7 Å². The van der Waals surface area contributed by atoms with Gasteiger partial charge in [-0.2, -0.15) is 0 Å². The molecule has 1 fully saturated rings. The van der Waals surface area contributed by atoms with Gasteiger partial charge in [-0.1, -0.05) is 6.07 Å². The molecule has 1 aliphatic rings. The lowest BCUT2D eigenvalue weighted by atomic mass is 10.0. The lowest BCUT2D eigenvalue weighted by molar-refractivity contribution is 0.0451. The van der Waals surface area contributed by atoms with Gasteiger partial charge in [-0.3, -0.25) is 4.79 Å². The summed E-state index contributed by atoms with van der Waals surface area (Å²) < 4.78 is 19.9. The van der Waals surface area contributed by atoms with Crippen LogP contribution in [0.15, 0.2) is 16.6 Å². The topological polar surface area (TPSA) is 58.6 Å². The molecular weight excluding hydrogens is 391 g/mol. The number of likely N-dealkylation sites (tertiary alicyclic amines) is 1. The minimum Gasteiger partial charge on any atom is -0.444 e. The first-order chi connectivity index (χ1) is 11.6. The summed E-state index contributed by atoms with van der Waals surface area (Å²) in [5.41, 5.74) is 0.257. The molecule has 0 saturated carbocycles. The second kappa shape index (κ2) is 7.72. The van der Waals surface area contributed by atoms with Crippen molar-refractivity contribution in [3.05, 3.63) is 33.5 Å². The number of amides is 2. The van der Waals surface area contributed by atoms with Crippen molar-refractivity contribution < 1.29 is 18.7 Å². The van der Waals surface area contributed by atoms with Gasteiger partial charge in [0.25, 0.3) is 5.91 Å². The number of carbonyl (C=O) groups excluding carboxylic acids is 2. The van der Waals surface area contributed by atoms with Crippen LogP contribution < -0.4 is 5.32 Å². The molecule has 1 heterocycles. The van der Waals surface area contributed by atoms with Crippen molar-refractivity contribution in [3.8, 4) is 0 Å². The number of benzene rings is 1. The molecule has 2 amide bonds. The normalized spacial score (nSPS) is 18.0. The summed E-state index contributed by atoms with van der Waals surface area (Å²) in [6.07, 6.45) is 0.979. The zero-order valence-electron chi connectivity index (χ0n) is 15.0. The number of hydrogen-bond acceptors (Lipinski definition) is 3. The van der Waals surface area contributed by atoms with Gasteiger partial charge < -0.3 is 15.0 Å². The molecule has 25 heavy (non-hydrogen) atoms. The highest BCUT2D eigenvalue weighted by atomic mass is 79.9. The third kappa shape index (κ3) is 5.17. The van der Waals surface area contributed by atoms with Crippen LogP contribution in [0, 0.1) is 12.7 Å². The molecule has 138 valence electrons. The van der Waals surface area contributed by atoms with E-state index in [2.05, 4.69) is 21.2 Å². The predicted octanol–water partition coefficient (Wildman–Crippen LogP) is 4.03. The molecule has 1 N–H and O–H groups in total. The maximum absolute atomic E-state index is 14.2. The minimum atomic E-state index is -0.580. The third-order valence-electron chi connectivity index (χ3n) is 3.93. The highest BCUT2D eigenvalue weighted by molar-refractivity contribution is 9.10. The number of halogens is 2. The molecule has 1 aliphatic heterocycles. The molecule has 5 nitrogen and oxygen atoms in total. The third-order valence-corrected chi connectivity index (χ3v) is 4.95. The van der Waals surface area contributed by atoms with Crippen molar-refractivity contribution in [3.63, 3.8) is 0 Å². The summed E-state index contributed by atoms with van der Waals surface area (Å²) in [5, 5.41) is 2.79. The van der Waals surface area contributed by atoms with E-state index < -0.39 is 17.5 Å². The molecule has 1 saturated heterocycles. The minimum absolute atomic E-state index is 0.0397. The van der Waals surface area contributed by atoms with Gasteiger partial charge in [-0.15, -0.1) is 0 Å². The van der Waals surface area contributed by atoms with E-state index in [9.17, 15) is 14.0 Å². The van der Waals surface area contributed by atoms with Crippen LogP contribution in [-0.2, 0) is 4.74 Å². The van der Waals surface area contributed by atoms with Crippen molar-refractivity contribution in [1.82, 2.24) is 10.2 Å². The van der Waals surface area contributed by atoms with Gasteiger partial charge in [0.05, 0.1) is 5.56 Å². The Hall–Kier alpha value is -1.63. The lowest BCUT2D eigenvalue weighted by Crippen LogP contribution is -2.50. The van der Waals surface area contributed by atoms with E-state index in [1.807, 2.05) is 6.92 Å². The summed E-state index contributed by atoms with van der Waals surface area (Å²) in [4.78, 5) is 26.3. The van der Waals surface area contributed by atoms with Gasteiger partial charge in [0.2, 0.25) is 0 Å². The quantitative estimate of drug-likeness (QED) is 0.794. The number of rotatable bonds is 2. The van der Waals surface area contributed by atoms with Gasteiger partial charge >= 0.3 is 6.09 Å². The summed E-state index contributed by atoms with van der Waals surface area (Å²) in [5.74, 6) is -0.923. The van der Waals surface area contributed by atoms with Crippen molar-refractivity contribution in [2.24, 2.45) is 0 Å². The van der Waals surface area contributed by atoms with E-state index >= 15 is 0 Å². The highest BCUT2D eigenvalue weighted by Crippen LogP contribution is 2.26. The first kappa shape index (κ1) is 19.7. The number of ether oxygens (including phenoxy) is 1. The number of hydrogen-bond donors (Lipinski definition) is 1. The predicted molar refractivity (Wildman–Crippen MR) is 97.1 cm³/mol. The first-order valence-electron chi connectivity index (χ1n) is 8.32. The molecular formula is C18H24BrFN2O3. The van der Waals surface area contributed by atoms with Crippen molar-refractivity contribution in [2.75, 3.05) is 13.1 Å². The second-order valence-electron chi connectivity index (χ2n) is 7.29. The maximum atomic E-state index is 14.2. The largest absolute Gasteiger partial charge is 0.444 e. The van der Waals surface area contributed by atoms with Crippen molar-refractivity contribution in [1.29, 1.82) is 0 Å². The fourth-order valence-corrected chi connectivity index (χ4v) is 3.26. The molecule has 0 radical (unpaired) electrons. The van der Waals surface area contributed by atoms with E-state index in [4.69, 9.17) is 4.74 Å². The molecule has 0 spiro atoms. The summed E-state index contributed by atoms with van der Waals surface area (Å²) in [7, 11) is 0. The Labute approximate surface area is 156 Å². The molecule has 0 bridgehead atoms. The van der Waals surface area contributed by atoms with Crippen LogP contribution in [0.4, 0.5) is 9.18 Å². The van der Waals surface area contributed by atoms with Gasteiger partial charge in [0, 0.05) is 23.6 Å². The Morgan fingerprint density at radius 3 is 2.68 bits per heavy atom. The zero-order chi connectivity index (χ0) is 18.8. The summed E-state index contributed by atoms with van der Waals surface area (Å²) >= 11 is 3.31. The van der Waals surface area contributed by atoms with E-state index in [0.717, 1.165) is 18.4 Å². The monoisotopic (exact) mass is 414 g/mol. The average molecular weight is 415 g/mol. The maximum Gasteiger partial charge on any atom is 0.407 e. The number of nitrogens with zero attached hydrogens (tertiary/aromatic N) is 1. The van der Waals surface area contributed by atoms with Crippen LogP contribution in [-0.4, -0.2) is 41.6 Å². The molecule has 1 aromatic carbocycles. The van der Waals surface area contributed by atoms with E-state index in [1.165, 1.54) is 6.07 Å². The molecule has 1 aromatic rings. The zero-order valence-corrected chi connectivity index (χ0v) is 16.6. The van der Waals surface area contributed by atoms with Crippen molar-refractivity contribution in [2.45, 2.75) is 52.2 Å². The fraction of sp³-hybridized carbons (Fsp3) is 0.556. The van der Waals surface area contributed by atoms with Crippen LogP contribution in [0.2, 0.25) is 0 Å². The number of alkyl carbamates (subject to hydrolysis) is 1. The standard InChI is InChI=1S/C18H24BrFN2O3/c1-11-7-8-13(20)14(15(11)19)16(23)22-9-5-6-12(10-22)21-17(24)25-18(2,3)4/h7-8,12H,5-6,9-10H2,1-4H3,(H,21,24)/t12-/m0/s1. The smallest absolute Gasteiger partial charge is 0.407 e. The van der Waals surface area contributed by atoms with Crippen molar-refractivity contribution >= 4 is 27.9 Å². The van der Waals surface area contributed by atoms with Gasteiger partial charge in [-0.05, 0) is 68.1 Å². The molecule has 0 aliphatic carbocycles. The molecule has 2 rings (SSSR count). The van der Waals surface area contributed by atoms with E-state index in [0.29, 0.717) is 17.6 Å². The van der Waals surface area contributed by atoms with Gasteiger partial charge in [0.15, 0.2) is 0 Å². The van der Waals surface area contributed by atoms with Crippen LogP contribution in [0.25, 0.3) is 0 Å². The lowest BCUT2D eigenvalue weighted by Gasteiger charge is -2.34. The summed E-state index contributed by atoms with van der Waals surface area (Å²) in [6.45, 7) is 8.05. The number of aryl methyl sites for hydroxylation is 1. The van der Waals surface area contributed by atoms with Crippen LogP contribution in [0.1, 0.15) is 49.5 Å². The second-order valence-corrected chi connectivity index (χ2v) is 8.08. The van der Waals surface area contributed by atoms with Crippen LogP contribution in [0.5, 0.6) is 0 Å². The Kier molecular flexibility index (Phi) is 6.08. The first-order valence-corrected chi connectivity index (χ1v) is 9.11. The molecule has 0 aromatic heterocycles. The Morgan fingerprint density at radius 1 is 1.36 bits per heavy atom. The Morgan fingerprint density at radius 2 is 2.04 bits per heavy atom. The highest BCUT2D eigenvalue weighted by Gasteiger charge is 2.29. The molecule has 1 atom stereocenters. The Bertz CT molecular complexity index is 673. The average Bonchev–Trinajstić information content (AvgIpc) is 2.49. The number of piperidine rings is 1. The van der Waals surface area contributed by atoms with Gasteiger partial charge in [0.1, 0.15) is 11.4 Å². The van der Waals surface area contributed by atoms with Gasteiger partial charge in [-0.25, -0.2) is 9.18 Å². The number of nitrogens with one attached hydrogen (secondary N) is 1.